The van der Waals surface area contributed by atoms with E-state index in [1.165, 1.54) is 7.11 Å². The van der Waals surface area contributed by atoms with Gasteiger partial charge >= 0.3 is 6.09 Å². The van der Waals surface area contributed by atoms with Crippen LogP contribution in [0.4, 0.5) is 27.5 Å². The van der Waals surface area contributed by atoms with E-state index < -0.39 is 16.6 Å². The minimum atomic E-state index is -0.662. The van der Waals surface area contributed by atoms with E-state index in [0.29, 0.717) is 22.4 Å². The topological polar surface area (TPSA) is 93.9 Å². The van der Waals surface area contributed by atoms with Gasteiger partial charge in [-0.2, -0.15) is 5.06 Å². The van der Waals surface area contributed by atoms with Gasteiger partial charge in [0.05, 0.1) is 23.1 Å². The highest BCUT2D eigenvalue weighted by Crippen LogP contribution is 2.35. The summed E-state index contributed by atoms with van der Waals surface area (Å²) in [6.07, 6.45) is -0.643. The molecule has 1 amide bonds. The Kier molecular flexibility index (Phi) is 5.89. The van der Waals surface area contributed by atoms with Crippen molar-refractivity contribution in [2.45, 2.75) is 26.4 Å². The number of hydrogen-bond acceptors (Lipinski definition) is 6. The van der Waals surface area contributed by atoms with Gasteiger partial charge in [-0.15, -0.1) is 0 Å². The molecule has 0 aromatic heterocycles. The molecule has 8 heteroatoms. The number of amides is 1. The van der Waals surface area contributed by atoms with E-state index in [0.717, 1.165) is 10.4 Å². The normalized spacial score (nSPS) is 11.2. The van der Waals surface area contributed by atoms with Crippen molar-refractivity contribution in [3.05, 3.63) is 70.8 Å². The predicted molar refractivity (Wildman–Crippen MR) is 116 cm³/mol. The summed E-state index contributed by atoms with van der Waals surface area (Å²) in [6, 6.07) is 17.4. The number of hydrogen-bond donors (Lipinski definition) is 1. The lowest BCUT2D eigenvalue weighted by molar-refractivity contribution is -0.382. The molecule has 0 unspecified atom stereocenters. The zero-order valence-electron chi connectivity index (χ0n) is 17.2. The summed E-state index contributed by atoms with van der Waals surface area (Å²) in [7, 11) is 1.37. The molecule has 0 radical (unpaired) electrons. The molecule has 0 fully saturated rings. The van der Waals surface area contributed by atoms with Crippen molar-refractivity contribution in [2.75, 3.05) is 17.5 Å². The number of rotatable bonds is 5. The molecule has 0 aliphatic rings. The summed E-state index contributed by atoms with van der Waals surface area (Å²) in [5.41, 5.74) is 0.805. The van der Waals surface area contributed by atoms with Crippen molar-refractivity contribution < 1.29 is 19.3 Å². The lowest BCUT2D eigenvalue weighted by Gasteiger charge is -2.25. The molecule has 0 atom stereocenters. The Morgan fingerprint density at radius 2 is 1.70 bits per heavy atom. The molecular formula is C22H23N3O5. The second kappa shape index (κ2) is 8.38. The molecule has 0 saturated heterocycles. The predicted octanol–water partition coefficient (Wildman–Crippen LogP) is 5.79. The van der Waals surface area contributed by atoms with Crippen LogP contribution in [0.3, 0.4) is 0 Å². The average Bonchev–Trinajstić information content (AvgIpc) is 2.68. The van der Waals surface area contributed by atoms with E-state index in [1.54, 1.807) is 63.2 Å². The largest absolute Gasteiger partial charge is 0.442 e. The van der Waals surface area contributed by atoms with Crippen LogP contribution in [0.2, 0.25) is 0 Å². The van der Waals surface area contributed by atoms with Gasteiger partial charge in [0.25, 0.3) is 5.69 Å². The Balaban J connectivity index is 1.86. The second-order valence-electron chi connectivity index (χ2n) is 7.57. The molecule has 8 nitrogen and oxygen atoms in total. The van der Waals surface area contributed by atoms with Gasteiger partial charge in [0.1, 0.15) is 11.3 Å². The molecule has 1 N–H and O–H groups in total. The first-order valence-corrected chi connectivity index (χ1v) is 9.30. The minimum absolute atomic E-state index is 0.00412. The summed E-state index contributed by atoms with van der Waals surface area (Å²) in [5.74, 6) is 0. The fourth-order valence-corrected chi connectivity index (χ4v) is 2.98. The van der Waals surface area contributed by atoms with Crippen LogP contribution in [-0.2, 0) is 9.57 Å². The molecule has 3 aromatic rings. The van der Waals surface area contributed by atoms with Crippen LogP contribution in [0.15, 0.2) is 60.7 Å². The number of nitrogens with zero attached hydrogens (tertiary/aromatic N) is 2. The van der Waals surface area contributed by atoms with E-state index in [4.69, 9.17) is 9.57 Å². The van der Waals surface area contributed by atoms with E-state index in [-0.39, 0.29) is 5.69 Å². The van der Waals surface area contributed by atoms with E-state index in [1.807, 2.05) is 18.2 Å². The Morgan fingerprint density at radius 3 is 2.30 bits per heavy atom. The summed E-state index contributed by atoms with van der Waals surface area (Å²) < 4.78 is 5.33. The molecule has 0 bridgehead atoms. The van der Waals surface area contributed by atoms with Crippen LogP contribution in [-0.4, -0.2) is 23.7 Å². The first-order chi connectivity index (χ1) is 14.2. The lowest BCUT2D eigenvalue weighted by atomic mass is 10.1. The molecule has 3 aromatic carbocycles. The van der Waals surface area contributed by atoms with Crippen molar-refractivity contribution >= 4 is 39.6 Å². The molecule has 0 aliphatic carbocycles. The van der Waals surface area contributed by atoms with Gasteiger partial charge < -0.3 is 10.1 Å². The highest BCUT2D eigenvalue weighted by Gasteiger charge is 2.24. The third-order valence-corrected chi connectivity index (χ3v) is 4.21. The van der Waals surface area contributed by atoms with Crippen LogP contribution < -0.4 is 10.4 Å². The van der Waals surface area contributed by atoms with E-state index >= 15 is 0 Å². The monoisotopic (exact) mass is 409 g/mol. The van der Waals surface area contributed by atoms with Gasteiger partial charge in [-0.05, 0) is 62.6 Å². The number of carbonyl (C=O) groups excluding carboxylic acids is 1. The quantitative estimate of drug-likeness (QED) is 0.423. The number of anilines is 3. The van der Waals surface area contributed by atoms with Crippen LogP contribution in [0.5, 0.6) is 0 Å². The van der Waals surface area contributed by atoms with E-state index in [9.17, 15) is 14.9 Å². The summed E-state index contributed by atoms with van der Waals surface area (Å²) in [5, 5.41) is 17.1. The fraction of sp³-hybridized carbons (Fsp3) is 0.227. The van der Waals surface area contributed by atoms with Gasteiger partial charge in [-0.3, -0.25) is 15.0 Å². The Labute approximate surface area is 174 Å². The first kappa shape index (κ1) is 21.1. The number of nitrogens with one attached hydrogen (secondary N) is 1. The minimum Gasteiger partial charge on any atom is -0.442 e. The Hall–Kier alpha value is -3.65. The molecule has 0 aliphatic heterocycles. The highest BCUT2D eigenvalue weighted by atomic mass is 16.7. The van der Waals surface area contributed by atoms with Crippen molar-refractivity contribution in [3.8, 4) is 0 Å². The van der Waals surface area contributed by atoms with Crippen molar-refractivity contribution in [1.29, 1.82) is 0 Å². The zero-order valence-corrected chi connectivity index (χ0v) is 17.2. The van der Waals surface area contributed by atoms with Gasteiger partial charge in [0.2, 0.25) is 0 Å². The van der Waals surface area contributed by atoms with Gasteiger partial charge in [0, 0.05) is 5.69 Å². The number of fused-ring (bicyclic) bond motifs is 1. The molecule has 3 rings (SSSR count). The third kappa shape index (κ3) is 4.66. The number of hydroxylamine groups is 1. The van der Waals surface area contributed by atoms with Gasteiger partial charge in [-0.1, -0.05) is 24.3 Å². The van der Waals surface area contributed by atoms with E-state index in [2.05, 4.69) is 5.32 Å². The average molecular weight is 409 g/mol. The Bertz CT molecular complexity index is 1070. The maximum atomic E-state index is 12.3. The molecule has 0 spiro atoms. The third-order valence-electron chi connectivity index (χ3n) is 4.21. The summed E-state index contributed by atoms with van der Waals surface area (Å²) in [6.45, 7) is 5.30. The highest BCUT2D eigenvalue weighted by molar-refractivity contribution is 5.97. The van der Waals surface area contributed by atoms with Crippen LogP contribution in [0.1, 0.15) is 20.8 Å². The number of nitro benzene ring substituents is 1. The fourth-order valence-electron chi connectivity index (χ4n) is 2.98. The van der Waals surface area contributed by atoms with Crippen LogP contribution >= 0.6 is 0 Å². The lowest BCUT2D eigenvalue weighted by Crippen LogP contribution is -2.36. The SMILES string of the molecule is CON(C(=O)OC(C)(C)C)c1ccc(Nc2ccc3ccccc3c2[N+](=O)[O-])cc1. The summed E-state index contributed by atoms with van der Waals surface area (Å²) >= 11 is 0. The molecule has 156 valence electrons. The number of ether oxygens (including phenoxy) is 1. The van der Waals surface area contributed by atoms with Crippen LogP contribution in [0.25, 0.3) is 10.8 Å². The molecular weight excluding hydrogens is 386 g/mol. The number of carbonyl (C=O) groups is 1. The number of benzene rings is 3. The smallest absolute Gasteiger partial charge is 0.439 e. The zero-order chi connectivity index (χ0) is 21.9. The summed E-state index contributed by atoms with van der Waals surface area (Å²) in [4.78, 5) is 28.7. The molecule has 0 heterocycles. The van der Waals surface area contributed by atoms with Crippen molar-refractivity contribution in [1.82, 2.24) is 0 Å². The molecule has 0 saturated carbocycles. The second-order valence-corrected chi connectivity index (χ2v) is 7.57. The standard InChI is InChI=1S/C22H23N3O5/c1-22(2,3)30-21(26)24(29-4)17-12-10-16(11-13-17)23-19-14-9-15-7-5-6-8-18(15)20(19)25(27)28/h5-14,23H,1-4H3. The maximum Gasteiger partial charge on any atom is 0.439 e. The van der Waals surface area contributed by atoms with Crippen molar-refractivity contribution in [3.63, 3.8) is 0 Å². The van der Waals surface area contributed by atoms with Gasteiger partial charge in [0.15, 0.2) is 0 Å². The van der Waals surface area contributed by atoms with Crippen LogP contribution in [0, 0.1) is 10.1 Å². The Morgan fingerprint density at radius 1 is 1.03 bits per heavy atom. The van der Waals surface area contributed by atoms with Crippen molar-refractivity contribution in [2.24, 2.45) is 0 Å². The molecule has 30 heavy (non-hydrogen) atoms. The first-order valence-electron chi connectivity index (χ1n) is 9.30. The number of nitro groups is 1. The van der Waals surface area contributed by atoms with Gasteiger partial charge in [-0.25, -0.2) is 4.79 Å². The maximum absolute atomic E-state index is 12.3.